The molecule has 2 aromatic rings. The van der Waals surface area contributed by atoms with Crippen molar-refractivity contribution in [3.05, 3.63) is 86.0 Å². The van der Waals surface area contributed by atoms with E-state index in [2.05, 4.69) is 13.2 Å². The Labute approximate surface area is 202 Å². The molecule has 0 unspecified atom stereocenters. The van der Waals surface area contributed by atoms with Crippen molar-refractivity contribution in [3.63, 3.8) is 0 Å². The molecular formula is C18H22BaO6S2. The van der Waals surface area contributed by atoms with Crippen LogP contribution in [0, 0.1) is 0 Å². The molecular weight excluding hydrogens is 514 g/mol. The third kappa shape index (κ3) is 18.4. The van der Waals surface area contributed by atoms with E-state index in [0.29, 0.717) is 0 Å². The van der Waals surface area contributed by atoms with Gasteiger partial charge < -0.3 is 9.11 Å². The molecule has 0 saturated heterocycles. The van der Waals surface area contributed by atoms with Crippen LogP contribution in [0.25, 0.3) is 0 Å². The van der Waals surface area contributed by atoms with Crippen molar-refractivity contribution in [1.82, 2.24) is 0 Å². The van der Waals surface area contributed by atoms with Gasteiger partial charge in [0.25, 0.3) is 0 Å². The summed E-state index contributed by atoms with van der Waals surface area (Å²) in [5.41, 5.74) is 0. The van der Waals surface area contributed by atoms with Gasteiger partial charge in [-0.3, -0.25) is 0 Å². The Kier molecular flexibility index (Phi) is 20.0. The molecule has 0 amide bonds. The Morgan fingerprint density at radius 1 is 0.667 bits per heavy atom. The quantitative estimate of drug-likeness (QED) is 0.331. The second kappa shape index (κ2) is 17.4. The number of allylic oxidation sites excluding steroid dienone is 2. The molecule has 2 rings (SSSR count). The molecule has 0 radical (unpaired) electrons. The number of hydrogen-bond donors (Lipinski definition) is 0. The Morgan fingerprint density at radius 2 is 0.852 bits per heavy atom. The fourth-order valence-corrected chi connectivity index (χ4v) is 2.16. The maximum atomic E-state index is 10.3. The van der Waals surface area contributed by atoms with Gasteiger partial charge in [0.05, 0.1) is 9.79 Å². The van der Waals surface area contributed by atoms with Crippen LogP contribution >= 0.6 is 0 Å². The molecule has 0 heterocycles. The van der Waals surface area contributed by atoms with E-state index in [4.69, 9.17) is 0 Å². The van der Waals surface area contributed by atoms with Crippen molar-refractivity contribution in [2.24, 2.45) is 0 Å². The third-order valence-electron chi connectivity index (χ3n) is 2.06. The summed E-state index contributed by atoms with van der Waals surface area (Å²) in [5.74, 6) is 0. The SMILES string of the molecule is C=CC.C=CC.O=S(=O)([O-])c1ccccc1.O=S(=O)([O-])c1ccccc1.[Ba+2]. The van der Waals surface area contributed by atoms with Gasteiger partial charge in [-0.1, -0.05) is 48.6 Å². The van der Waals surface area contributed by atoms with E-state index in [-0.39, 0.29) is 58.7 Å². The molecule has 0 aliphatic rings. The molecule has 0 bridgehead atoms. The van der Waals surface area contributed by atoms with Crippen molar-refractivity contribution in [2.45, 2.75) is 23.6 Å². The first-order valence-corrected chi connectivity index (χ1v) is 10.0. The molecule has 144 valence electrons. The summed E-state index contributed by atoms with van der Waals surface area (Å²) in [6.07, 6.45) is 3.50. The Hall–Kier alpha value is -0.689. The molecule has 0 aliphatic heterocycles. The minimum absolute atomic E-state index is 0. The van der Waals surface area contributed by atoms with Gasteiger partial charge in [-0.05, 0) is 38.1 Å². The Bertz CT molecular complexity index is 760. The zero-order valence-electron chi connectivity index (χ0n) is 15.3. The largest absolute Gasteiger partial charge is 2.00 e. The maximum Gasteiger partial charge on any atom is 2.00 e. The Morgan fingerprint density at radius 3 is 0.963 bits per heavy atom. The number of rotatable bonds is 2. The maximum absolute atomic E-state index is 10.3. The minimum atomic E-state index is -4.25. The third-order valence-corrected chi connectivity index (χ3v) is 3.76. The van der Waals surface area contributed by atoms with Crippen LogP contribution in [0.15, 0.2) is 95.8 Å². The van der Waals surface area contributed by atoms with Gasteiger partial charge in [-0.2, -0.15) is 0 Å². The van der Waals surface area contributed by atoms with Crippen molar-refractivity contribution in [1.29, 1.82) is 0 Å². The zero-order valence-corrected chi connectivity index (χ0v) is 21.4. The fraction of sp³-hybridized carbons (Fsp3) is 0.111. The average Bonchev–Trinajstić information content (AvgIpc) is 2.57. The van der Waals surface area contributed by atoms with E-state index in [1.165, 1.54) is 48.5 Å². The molecule has 0 atom stereocenters. The van der Waals surface area contributed by atoms with Gasteiger partial charge in [-0.15, -0.1) is 13.2 Å². The van der Waals surface area contributed by atoms with Crippen LogP contribution in [-0.2, 0) is 20.2 Å². The fourth-order valence-electron chi connectivity index (χ4n) is 1.17. The summed E-state index contributed by atoms with van der Waals surface area (Å²) < 4.78 is 61.7. The smallest absolute Gasteiger partial charge is 0.744 e. The first-order valence-electron chi connectivity index (χ1n) is 7.20. The normalized spacial score (nSPS) is 9.33. The monoisotopic (exact) mass is 536 g/mol. The van der Waals surface area contributed by atoms with Crippen molar-refractivity contribution in [2.75, 3.05) is 0 Å². The molecule has 0 N–H and O–H groups in total. The van der Waals surface area contributed by atoms with E-state index in [1.54, 1.807) is 24.3 Å². The molecule has 0 saturated carbocycles. The average molecular weight is 536 g/mol. The van der Waals surface area contributed by atoms with Gasteiger partial charge in [0, 0.05) is 0 Å². The summed E-state index contributed by atoms with van der Waals surface area (Å²) in [6, 6.07) is 14.4. The van der Waals surface area contributed by atoms with Crippen LogP contribution in [0.3, 0.4) is 0 Å². The van der Waals surface area contributed by atoms with Crippen LogP contribution in [0.1, 0.15) is 13.8 Å². The summed E-state index contributed by atoms with van der Waals surface area (Å²) in [4.78, 5) is -0.370. The van der Waals surface area contributed by atoms with Gasteiger partial charge in [0.2, 0.25) is 0 Å². The first kappa shape index (κ1) is 31.0. The van der Waals surface area contributed by atoms with Crippen molar-refractivity contribution in [3.8, 4) is 0 Å². The van der Waals surface area contributed by atoms with Crippen LogP contribution in [-0.4, -0.2) is 74.8 Å². The van der Waals surface area contributed by atoms with Crippen LogP contribution in [0.5, 0.6) is 0 Å². The molecule has 0 aliphatic carbocycles. The van der Waals surface area contributed by atoms with E-state index >= 15 is 0 Å². The van der Waals surface area contributed by atoms with E-state index in [1.807, 2.05) is 13.8 Å². The van der Waals surface area contributed by atoms with E-state index in [9.17, 15) is 25.9 Å². The molecule has 2 aromatic carbocycles. The van der Waals surface area contributed by atoms with E-state index in [0.717, 1.165) is 0 Å². The number of benzene rings is 2. The predicted molar refractivity (Wildman–Crippen MR) is 106 cm³/mol. The van der Waals surface area contributed by atoms with Gasteiger partial charge in [0.1, 0.15) is 20.2 Å². The summed E-state index contributed by atoms with van der Waals surface area (Å²) >= 11 is 0. The Balaban J connectivity index is -0.000000322. The standard InChI is InChI=1S/2C6H6O3S.2C3H6.Ba/c2*7-10(8,9)6-4-2-1-3-5-6;2*1-3-2;/h2*1-5H,(H,7,8,9);2*3H,1H2,2H3;/q;;;;+2/p-2. The van der Waals surface area contributed by atoms with Crippen molar-refractivity contribution >= 4 is 69.1 Å². The van der Waals surface area contributed by atoms with E-state index < -0.39 is 20.2 Å². The molecule has 9 heteroatoms. The topological polar surface area (TPSA) is 114 Å². The summed E-state index contributed by atoms with van der Waals surface area (Å²) in [7, 11) is -8.51. The second-order valence-electron chi connectivity index (χ2n) is 4.35. The molecule has 6 nitrogen and oxygen atoms in total. The van der Waals surface area contributed by atoms with Crippen molar-refractivity contribution < 1.29 is 25.9 Å². The summed E-state index contributed by atoms with van der Waals surface area (Å²) in [6.45, 7) is 10.5. The number of hydrogen-bond acceptors (Lipinski definition) is 6. The predicted octanol–water partition coefficient (Wildman–Crippen LogP) is 3.19. The molecule has 0 spiro atoms. The van der Waals surface area contributed by atoms with Gasteiger partial charge in [0.15, 0.2) is 0 Å². The van der Waals surface area contributed by atoms with Crippen LogP contribution < -0.4 is 0 Å². The van der Waals surface area contributed by atoms with Crippen LogP contribution in [0.2, 0.25) is 0 Å². The molecule has 0 aromatic heterocycles. The first-order chi connectivity index (χ1) is 12.0. The zero-order chi connectivity index (χ0) is 20.6. The van der Waals surface area contributed by atoms with Crippen LogP contribution in [0.4, 0.5) is 0 Å². The van der Waals surface area contributed by atoms with Gasteiger partial charge >= 0.3 is 48.9 Å². The second-order valence-corrected chi connectivity index (χ2v) is 7.11. The minimum Gasteiger partial charge on any atom is -0.744 e. The summed E-state index contributed by atoms with van der Waals surface area (Å²) in [5, 5.41) is 0. The molecule has 0 fully saturated rings. The van der Waals surface area contributed by atoms with Gasteiger partial charge in [-0.25, -0.2) is 16.8 Å². The molecule has 27 heavy (non-hydrogen) atoms.